The van der Waals surface area contributed by atoms with Crippen molar-refractivity contribution in [3.63, 3.8) is 0 Å². The molecule has 19 heavy (non-hydrogen) atoms. The molecule has 0 aliphatic heterocycles. The van der Waals surface area contributed by atoms with Crippen molar-refractivity contribution in [1.29, 1.82) is 0 Å². The number of nitrogens with one attached hydrogen (secondary N) is 1. The summed E-state index contributed by atoms with van der Waals surface area (Å²) in [5, 5.41) is 3.90. The Labute approximate surface area is 114 Å². The molecule has 0 aliphatic rings. The summed E-state index contributed by atoms with van der Waals surface area (Å²) in [6.07, 6.45) is 1.68. The minimum absolute atomic E-state index is 0.165. The lowest BCUT2D eigenvalue weighted by Crippen LogP contribution is -2.11. The number of aromatic nitrogens is 1. The molecule has 0 bridgehead atoms. The number of rotatable bonds is 2. The van der Waals surface area contributed by atoms with Crippen molar-refractivity contribution in [2.24, 2.45) is 0 Å². The van der Waals surface area contributed by atoms with Gasteiger partial charge in [-0.1, -0.05) is 18.2 Å². The lowest BCUT2D eigenvalue weighted by Gasteiger charge is -2.06. The number of anilines is 1. The number of carbonyl (C=O) groups is 1. The summed E-state index contributed by atoms with van der Waals surface area (Å²) in [5.74, 6) is -0.192. The highest BCUT2D eigenvalue weighted by atomic mass is 35.5. The van der Waals surface area contributed by atoms with Crippen LogP contribution in [-0.4, -0.2) is 10.9 Å². The molecule has 2 aromatic heterocycles. The van der Waals surface area contributed by atoms with Crippen LogP contribution in [0.2, 0.25) is 5.22 Å². The highest BCUT2D eigenvalue weighted by Crippen LogP contribution is 2.22. The van der Waals surface area contributed by atoms with Gasteiger partial charge in [0.2, 0.25) is 0 Å². The van der Waals surface area contributed by atoms with Gasteiger partial charge in [-0.05, 0) is 35.9 Å². The van der Waals surface area contributed by atoms with Crippen molar-refractivity contribution in [2.75, 3.05) is 5.32 Å². The van der Waals surface area contributed by atoms with Crippen LogP contribution in [-0.2, 0) is 0 Å². The van der Waals surface area contributed by atoms with Crippen LogP contribution >= 0.6 is 11.6 Å². The fourth-order valence-electron chi connectivity index (χ4n) is 1.83. The quantitative estimate of drug-likeness (QED) is 0.773. The Morgan fingerprint density at radius 1 is 1.16 bits per heavy atom. The molecule has 4 nitrogen and oxygen atoms in total. The Balaban J connectivity index is 1.95. The topological polar surface area (TPSA) is 55.1 Å². The predicted octanol–water partition coefficient (Wildman–Crippen LogP) is 3.73. The van der Waals surface area contributed by atoms with E-state index in [0.717, 1.165) is 10.9 Å². The Bertz CT molecular complexity index is 747. The molecule has 0 aliphatic carbocycles. The monoisotopic (exact) mass is 272 g/mol. The van der Waals surface area contributed by atoms with Gasteiger partial charge in [0.15, 0.2) is 11.0 Å². The van der Waals surface area contributed by atoms with Crippen LogP contribution in [0.1, 0.15) is 10.6 Å². The number of carbonyl (C=O) groups excluding carboxylic acids is 1. The van der Waals surface area contributed by atoms with Crippen molar-refractivity contribution < 1.29 is 9.21 Å². The first-order valence-electron chi connectivity index (χ1n) is 5.64. The molecule has 0 fully saturated rings. The molecule has 0 saturated heterocycles. The molecular formula is C14H9ClN2O2. The molecule has 0 unspecified atom stereocenters. The van der Waals surface area contributed by atoms with E-state index < -0.39 is 0 Å². The second-order valence-electron chi connectivity index (χ2n) is 3.94. The van der Waals surface area contributed by atoms with Crippen molar-refractivity contribution in [3.8, 4) is 0 Å². The maximum absolute atomic E-state index is 12.0. The summed E-state index contributed by atoms with van der Waals surface area (Å²) in [6, 6.07) is 12.4. The van der Waals surface area contributed by atoms with Gasteiger partial charge in [-0.25, -0.2) is 0 Å². The lowest BCUT2D eigenvalue weighted by atomic mass is 10.2. The summed E-state index contributed by atoms with van der Waals surface area (Å²) in [5.41, 5.74) is 1.37. The zero-order valence-corrected chi connectivity index (χ0v) is 10.5. The SMILES string of the molecule is O=C(Nc1cccc2cccnc12)c1ccc(Cl)o1. The number of amides is 1. The van der Waals surface area contributed by atoms with Crippen LogP contribution in [0.25, 0.3) is 10.9 Å². The van der Waals surface area contributed by atoms with Crippen LogP contribution in [0.5, 0.6) is 0 Å². The maximum Gasteiger partial charge on any atom is 0.291 e. The third-order valence-electron chi connectivity index (χ3n) is 2.68. The van der Waals surface area contributed by atoms with Crippen molar-refractivity contribution in [1.82, 2.24) is 4.98 Å². The molecule has 0 atom stereocenters. The van der Waals surface area contributed by atoms with E-state index in [-0.39, 0.29) is 16.9 Å². The fourth-order valence-corrected chi connectivity index (χ4v) is 1.97. The number of halogens is 1. The Morgan fingerprint density at radius 3 is 2.79 bits per heavy atom. The number of furan rings is 1. The molecule has 94 valence electrons. The highest BCUT2D eigenvalue weighted by molar-refractivity contribution is 6.29. The van der Waals surface area contributed by atoms with E-state index in [9.17, 15) is 4.79 Å². The summed E-state index contributed by atoms with van der Waals surface area (Å²) in [4.78, 5) is 16.2. The molecule has 0 saturated carbocycles. The number of fused-ring (bicyclic) bond motifs is 1. The maximum atomic E-state index is 12.0. The van der Waals surface area contributed by atoms with E-state index in [4.69, 9.17) is 16.0 Å². The zero-order valence-electron chi connectivity index (χ0n) is 9.76. The Hall–Kier alpha value is -2.33. The second kappa shape index (κ2) is 4.74. The smallest absolute Gasteiger partial charge is 0.291 e. The summed E-state index contributed by atoms with van der Waals surface area (Å²) in [6.45, 7) is 0. The van der Waals surface area contributed by atoms with Gasteiger partial charge < -0.3 is 9.73 Å². The Morgan fingerprint density at radius 2 is 2.00 bits per heavy atom. The number of hydrogen-bond acceptors (Lipinski definition) is 3. The largest absolute Gasteiger partial charge is 0.440 e. The molecule has 3 rings (SSSR count). The van der Waals surface area contributed by atoms with E-state index in [1.165, 1.54) is 12.1 Å². The molecule has 0 radical (unpaired) electrons. The van der Waals surface area contributed by atoms with E-state index in [1.54, 1.807) is 12.3 Å². The number of benzene rings is 1. The molecule has 1 N–H and O–H groups in total. The molecule has 3 aromatic rings. The summed E-state index contributed by atoms with van der Waals surface area (Å²) < 4.78 is 5.06. The van der Waals surface area contributed by atoms with Gasteiger partial charge in [-0.15, -0.1) is 0 Å². The first kappa shape index (κ1) is 11.7. The molecule has 1 aromatic carbocycles. The third kappa shape index (κ3) is 2.30. The minimum Gasteiger partial charge on any atom is -0.440 e. The van der Waals surface area contributed by atoms with E-state index in [0.29, 0.717) is 5.69 Å². The molecule has 5 heteroatoms. The second-order valence-corrected chi connectivity index (χ2v) is 4.31. The van der Waals surface area contributed by atoms with Crippen LogP contribution < -0.4 is 5.32 Å². The average molecular weight is 273 g/mol. The van der Waals surface area contributed by atoms with Crippen molar-refractivity contribution in [2.45, 2.75) is 0 Å². The van der Waals surface area contributed by atoms with Gasteiger partial charge >= 0.3 is 0 Å². The summed E-state index contributed by atoms with van der Waals surface area (Å²) >= 11 is 5.64. The van der Waals surface area contributed by atoms with Gasteiger partial charge in [0.25, 0.3) is 5.91 Å². The summed E-state index contributed by atoms with van der Waals surface area (Å²) in [7, 11) is 0. The van der Waals surface area contributed by atoms with Crippen molar-refractivity contribution in [3.05, 3.63) is 59.6 Å². The van der Waals surface area contributed by atoms with Crippen molar-refractivity contribution >= 4 is 34.1 Å². The molecular weight excluding hydrogens is 264 g/mol. The van der Waals surface area contributed by atoms with Crippen LogP contribution in [0, 0.1) is 0 Å². The van der Waals surface area contributed by atoms with Crippen LogP contribution in [0.4, 0.5) is 5.69 Å². The number of para-hydroxylation sites is 1. The first-order valence-corrected chi connectivity index (χ1v) is 6.02. The van der Waals surface area contributed by atoms with Gasteiger partial charge in [-0.2, -0.15) is 0 Å². The van der Waals surface area contributed by atoms with Gasteiger partial charge in [0.05, 0.1) is 11.2 Å². The molecule has 0 spiro atoms. The van der Waals surface area contributed by atoms with Crippen LogP contribution in [0.15, 0.2) is 53.1 Å². The lowest BCUT2D eigenvalue weighted by molar-refractivity contribution is 0.0997. The predicted molar refractivity (Wildman–Crippen MR) is 73.4 cm³/mol. The third-order valence-corrected chi connectivity index (χ3v) is 2.88. The number of hydrogen-bond donors (Lipinski definition) is 1. The van der Waals surface area contributed by atoms with Gasteiger partial charge in [-0.3, -0.25) is 9.78 Å². The van der Waals surface area contributed by atoms with Gasteiger partial charge in [0.1, 0.15) is 0 Å². The molecule has 2 heterocycles. The number of nitrogens with zero attached hydrogens (tertiary/aromatic N) is 1. The minimum atomic E-state index is -0.356. The van der Waals surface area contributed by atoms with Gasteiger partial charge in [0, 0.05) is 11.6 Å². The van der Waals surface area contributed by atoms with Crippen LogP contribution in [0.3, 0.4) is 0 Å². The number of pyridine rings is 1. The zero-order chi connectivity index (χ0) is 13.2. The first-order chi connectivity index (χ1) is 9.24. The average Bonchev–Trinajstić information content (AvgIpc) is 2.86. The normalized spacial score (nSPS) is 10.6. The van der Waals surface area contributed by atoms with E-state index in [1.807, 2.05) is 24.3 Å². The standard InChI is InChI=1S/C14H9ClN2O2/c15-12-7-6-11(19-12)14(18)17-10-5-1-3-9-4-2-8-16-13(9)10/h1-8H,(H,17,18). The highest BCUT2D eigenvalue weighted by Gasteiger charge is 2.12. The Kier molecular flexibility index (Phi) is 2.93. The van der Waals surface area contributed by atoms with E-state index >= 15 is 0 Å². The van der Waals surface area contributed by atoms with E-state index in [2.05, 4.69) is 10.3 Å². The molecule has 1 amide bonds. The fraction of sp³-hybridized carbons (Fsp3) is 0.